The molecule has 0 radical (unpaired) electrons. The number of nitrogens with one attached hydrogen (secondary N) is 2. The van der Waals surface area contributed by atoms with Gasteiger partial charge in [-0.15, -0.1) is 0 Å². The van der Waals surface area contributed by atoms with Crippen LogP contribution in [0.3, 0.4) is 0 Å². The lowest BCUT2D eigenvalue weighted by atomic mass is 9.70. The number of hydrogen-bond donors (Lipinski definition) is 2. The molecule has 4 aromatic rings. The Morgan fingerprint density at radius 2 is 1.88 bits per heavy atom. The number of aryl methyl sites for hydroxylation is 1. The van der Waals surface area contributed by atoms with Gasteiger partial charge < -0.3 is 5.32 Å². The average Bonchev–Trinajstić information content (AvgIpc) is 3.33. The largest absolute Gasteiger partial charge is 0.316 e. The van der Waals surface area contributed by atoms with Crippen molar-refractivity contribution in [2.45, 2.75) is 40.0 Å². The van der Waals surface area contributed by atoms with Crippen molar-refractivity contribution in [3.8, 4) is 22.5 Å². The molecule has 0 amide bonds. The first-order valence-electron chi connectivity index (χ1n) is 12.0. The van der Waals surface area contributed by atoms with Crippen LogP contribution >= 0.6 is 0 Å². The van der Waals surface area contributed by atoms with E-state index in [9.17, 15) is 0 Å². The standard InChI is InChI=1S/C26H25N5.C2H6/c1-17-3-2-4-23(30-17)25-22(14-29-31-25)20-9-12-28-24-13-19(5-6-21(20)24)18-7-10-26(11-8-18)15-27-16-26;1-2/h2-7,9,12-14,27H,8,10-11,15-16H2,1H3,(H,29,31);1-2H3. The normalized spacial score (nSPS) is 16.6. The van der Waals surface area contributed by atoms with Gasteiger partial charge >= 0.3 is 0 Å². The summed E-state index contributed by atoms with van der Waals surface area (Å²) in [6, 6.07) is 14.8. The zero-order valence-corrected chi connectivity index (χ0v) is 19.7. The molecule has 1 saturated heterocycles. The van der Waals surface area contributed by atoms with Gasteiger partial charge in [0, 0.05) is 35.9 Å². The summed E-state index contributed by atoms with van der Waals surface area (Å²) in [5.74, 6) is 0. The number of nitrogens with zero attached hydrogens (tertiary/aromatic N) is 3. The first kappa shape index (κ1) is 21.5. The molecule has 6 rings (SSSR count). The van der Waals surface area contributed by atoms with Crippen LogP contribution in [0, 0.1) is 12.3 Å². The van der Waals surface area contributed by atoms with Gasteiger partial charge in [-0.3, -0.25) is 15.1 Å². The molecule has 0 atom stereocenters. The Morgan fingerprint density at radius 1 is 1.00 bits per heavy atom. The van der Waals surface area contributed by atoms with E-state index in [1.165, 1.54) is 37.1 Å². The number of H-pyrrole nitrogens is 1. The molecule has 4 heterocycles. The summed E-state index contributed by atoms with van der Waals surface area (Å²) in [7, 11) is 0. The number of pyridine rings is 2. The Kier molecular flexibility index (Phi) is 5.81. The van der Waals surface area contributed by atoms with Crippen LogP contribution < -0.4 is 5.32 Å². The second kappa shape index (κ2) is 8.91. The highest BCUT2D eigenvalue weighted by Gasteiger charge is 2.37. The smallest absolute Gasteiger partial charge is 0.0913 e. The maximum absolute atomic E-state index is 4.70. The van der Waals surface area contributed by atoms with E-state index in [1.807, 2.05) is 51.4 Å². The topological polar surface area (TPSA) is 66.5 Å². The van der Waals surface area contributed by atoms with E-state index in [-0.39, 0.29) is 0 Å². The van der Waals surface area contributed by atoms with E-state index in [0.717, 1.165) is 45.5 Å². The third-order valence-electron chi connectivity index (χ3n) is 6.89. The van der Waals surface area contributed by atoms with Crippen molar-refractivity contribution in [1.82, 2.24) is 25.5 Å². The van der Waals surface area contributed by atoms with E-state index < -0.39 is 0 Å². The van der Waals surface area contributed by atoms with Crippen LogP contribution in [-0.4, -0.2) is 33.3 Å². The molecular formula is C28H31N5. The number of hydrogen-bond acceptors (Lipinski definition) is 4. The van der Waals surface area contributed by atoms with Crippen molar-refractivity contribution >= 4 is 16.5 Å². The fourth-order valence-electron chi connectivity index (χ4n) is 4.96. The number of allylic oxidation sites excluding steroid dienone is 2. The highest BCUT2D eigenvalue weighted by Crippen LogP contribution is 2.42. The minimum atomic E-state index is 0.521. The molecule has 1 aliphatic heterocycles. The monoisotopic (exact) mass is 437 g/mol. The lowest BCUT2D eigenvalue weighted by Crippen LogP contribution is -2.53. The number of aromatic nitrogens is 4. The van der Waals surface area contributed by atoms with Crippen LogP contribution in [0.15, 0.2) is 60.9 Å². The lowest BCUT2D eigenvalue weighted by Gasteiger charge is -2.44. The van der Waals surface area contributed by atoms with Crippen molar-refractivity contribution in [2.75, 3.05) is 13.1 Å². The maximum atomic E-state index is 4.70. The number of benzene rings is 1. The van der Waals surface area contributed by atoms with Gasteiger partial charge in [0.25, 0.3) is 0 Å². The van der Waals surface area contributed by atoms with Crippen molar-refractivity contribution < 1.29 is 0 Å². The van der Waals surface area contributed by atoms with E-state index in [0.29, 0.717) is 5.41 Å². The van der Waals surface area contributed by atoms with Crippen LogP contribution in [0.5, 0.6) is 0 Å². The van der Waals surface area contributed by atoms with E-state index in [1.54, 1.807) is 0 Å². The minimum absolute atomic E-state index is 0.521. The second-order valence-corrected chi connectivity index (χ2v) is 8.95. The van der Waals surface area contributed by atoms with Gasteiger partial charge in [-0.2, -0.15) is 5.10 Å². The van der Waals surface area contributed by atoms with Crippen LogP contribution in [0.4, 0.5) is 0 Å². The van der Waals surface area contributed by atoms with Gasteiger partial charge in [-0.05, 0) is 72.6 Å². The molecule has 2 N–H and O–H groups in total. The molecular weight excluding hydrogens is 406 g/mol. The summed E-state index contributed by atoms with van der Waals surface area (Å²) in [4.78, 5) is 9.38. The summed E-state index contributed by atoms with van der Waals surface area (Å²) in [5.41, 5.74) is 9.30. The molecule has 33 heavy (non-hydrogen) atoms. The Morgan fingerprint density at radius 3 is 2.61 bits per heavy atom. The highest BCUT2D eigenvalue weighted by atomic mass is 15.1. The number of aromatic amines is 1. The van der Waals surface area contributed by atoms with Crippen molar-refractivity contribution in [2.24, 2.45) is 5.41 Å². The molecule has 168 valence electrons. The van der Waals surface area contributed by atoms with E-state index in [2.05, 4.69) is 50.8 Å². The molecule has 0 bridgehead atoms. The average molecular weight is 438 g/mol. The van der Waals surface area contributed by atoms with Crippen LogP contribution in [0.1, 0.15) is 44.4 Å². The van der Waals surface area contributed by atoms with E-state index >= 15 is 0 Å². The first-order valence-corrected chi connectivity index (χ1v) is 12.0. The zero-order chi connectivity index (χ0) is 22.8. The van der Waals surface area contributed by atoms with Crippen molar-refractivity contribution in [3.63, 3.8) is 0 Å². The van der Waals surface area contributed by atoms with Gasteiger partial charge in [-0.25, -0.2) is 0 Å². The van der Waals surface area contributed by atoms with Gasteiger partial charge in [0.1, 0.15) is 0 Å². The third kappa shape index (κ3) is 3.98. The predicted octanol–water partition coefficient (Wildman–Crippen LogP) is 6.18. The number of rotatable bonds is 3. The Balaban J connectivity index is 0.00000111. The summed E-state index contributed by atoms with van der Waals surface area (Å²) >= 11 is 0. The Hall–Kier alpha value is -3.31. The quantitative estimate of drug-likeness (QED) is 0.402. The summed E-state index contributed by atoms with van der Waals surface area (Å²) in [6.45, 7) is 8.34. The van der Waals surface area contributed by atoms with Gasteiger partial charge in [0.15, 0.2) is 0 Å². The molecule has 2 aliphatic rings. The molecule has 3 aromatic heterocycles. The summed E-state index contributed by atoms with van der Waals surface area (Å²) in [6.07, 6.45) is 9.84. The fourth-order valence-corrected chi connectivity index (χ4v) is 4.96. The van der Waals surface area contributed by atoms with Crippen LogP contribution in [-0.2, 0) is 0 Å². The molecule has 1 fully saturated rings. The zero-order valence-electron chi connectivity index (χ0n) is 19.7. The summed E-state index contributed by atoms with van der Waals surface area (Å²) in [5, 5.41) is 12.1. The molecule has 5 heteroatoms. The van der Waals surface area contributed by atoms with Gasteiger partial charge in [0.2, 0.25) is 0 Å². The van der Waals surface area contributed by atoms with Crippen LogP contribution in [0.25, 0.3) is 39.0 Å². The van der Waals surface area contributed by atoms with Gasteiger partial charge in [0.05, 0.1) is 23.1 Å². The Bertz CT molecular complexity index is 1310. The minimum Gasteiger partial charge on any atom is -0.316 e. The predicted molar refractivity (Wildman–Crippen MR) is 136 cm³/mol. The second-order valence-electron chi connectivity index (χ2n) is 8.95. The van der Waals surface area contributed by atoms with Crippen LogP contribution in [0.2, 0.25) is 0 Å². The number of fused-ring (bicyclic) bond motifs is 1. The fraction of sp³-hybridized carbons (Fsp3) is 0.321. The molecule has 5 nitrogen and oxygen atoms in total. The first-order chi connectivity index (χ1) is 16.2. The molecule has 0 unspecified atom stereocenters. The van der Waals surface area contributed by atoms with Crippen molar-refractivity contribution in [3.05, 3.63) is 72.2 Å². The third-order valence-corrected chi connectivity index (χ3v) is 6.89. The highest BCUT2D eigenvalue weighted by molar-refractivity contribution is 5.98. The SMILES string of the molecule is CC.Cc1cccc(-c2[nH]ncc2-c2ccnc3cc(C4=CCC5(CC4)CNC5)ccc23)n1. The lowest BCUT2D eigenvalue weighted by molar-refractivity contribution is 0.153. The van der Waals surface area contributed by atoms with E-state index in [4.69, 9.17) is 4.98 Å². The molecule has 1 aliphatic carbocycles. The van der Waals surface area contributed by atoms with Gasteiger partial charge in [-0.1, -0.05) is 38.1 Å². The molecule has 0 saturated carbocycles. The Labute approximate surface area is 195 Å². The molecule has 1 spiro atoms. The maximum Gasteiger partial charge on any atom is 0.0913 e. The van der Waals surface area contributed by atoms with Crippen molar-refractivity contribution in [1.29, 1.82) is 0 Å². The summed E-state index contributed by atoms with van der Waals surface area (Å²) < 4.78 is 0. The molecule has 1 aromatic carbocycles.